The maximum Gasteiger partial charge on any atom is 0.162 e. The molecule has 0 amide bonds. The van der Waals surface area contributed by atoms with Gasteiger partial charge in [0.05, 0.1) is 38.3 Å². The third kappa shape index (κ3) is 7.31. The number of hydrogen-bond donors (Lipinski definition) is 1. The van der Waals surface area contributed by atoms with Crippen molar-refractivity contribution in [3.05, 3.63) is 76.9 Å². The van der Waals surface area contributed by atoms with Gasteiger partial charge in [0.25, 0.3) is 0 Å². The van der Waals surface area contributed by atoms with Crippen LogP contribution in [-0.2, 0) is 12.8 Å². The second-order valence-electron chi connectivity index (χ2n) is 15.9. The van der Waals surface area contributed by atoms with E-state index in [0.29, 0.717) is 50.6 Å². The van der Waals surface area contributed by atoms with Crippen LogP contribution in [0.3, 0.4) is 0 Å². The first-order valence-electron chi connectivity index (χ1n) is 20.0. The zero-order chi connectivity index (χ0) is 38.1. The largest absolute Gasteiger partial charge is 0.490 e. The summed E-state index contributed by atoms with van der Waals surface area (Å²) in [4.78, 5) is 4.65. The molecule has 8 nitrogen and oxygen atoms in total. The lowest BCUT2D eigenvalue weighted by atomic mass is 9.46. The average molecular weight is 769 g/mol. The fraction of sp³-hybridized carbons (Fsp3) is 0.522. The summed E-state index contributed by atoms with van der Waals surface area (Å²) < 4.78 is 28.4. The van der Waals surface area contributed by atoms with Crippen LogP contribution >= 0.6 is 12.4 Å². The molecule has 294 valence electrons. The molecular formula is C46H57ClN2O6. The maximum atomic E-state index is 11.1. The van der Waals surface area contributed by atoms with Gasteiger partial charge in [0.1, 0.15) is 5.60 Å². The molecule has 6 unspecified atom stereocenters. The molecule has 3 saturated carbocycles. The minimum atomic E-state index is -0.909. The van der Waals surface area contributed by atoms with Gasteiger partial charge in [-0.2, -0.15) is 0 Å². The second kappa shape index (κ2) is 16.5. The molecule has 0 spiro atoms. The number of aliphatic hydroxyl groups is 1. The highest BCUT2D eigenvalue weighted by Gasteiger charge is 2.63. The van der Waals surface area contributed by atoms with Crippen molar-refractivity contribution in [1.29, 1.82) is 0 Å². The summed E-state index contributed by atoms with van der Waals surface area (Å²) in [7, 11) is 0. The Kier molecular flexibility index (Phi) is 12.1. The van der Waals surface area contributed by atoms with Crippen LogP contribution in [0.4, 0.5) is 0 Å². The van der Waals surface area contributed by atoms with Gasteiger partial charge in [-0.15, -0.1) is 18.8 Å². The number of ether oxygens (including phenoxy) is 4. The topological polar surface area (TPSA) is 96.1 Å². The van der Waals surface area contributed by atoms with E-state index in [1.165, 1.54) is 12.0 Å². The van der Waals surface area contributed by atoms with Crippen molar-refractivity contribution >= 4 is 29.3 Å². The van der Waals surface area contributed by atoms with Gasteiger partial charge in [-0.05, 0) is 143 Å². The van der Waals surface area contributed by atoms with E-state index in [1.807, 2.05) is 70.4 Å². The number of halogens is 1. The molecule has 0 bridgehead atoms. The highest BCUT2D eigenvalue weighted by Crippen LogP contribution is 2.67. The number of benzene rings is 2. The number of aromatic nitrogens is 2. The van der Waals surface area contributed by atoms with Crippen molar-refractivity contribution in [1.82, 2.24) is 10.1 Å². The monoisotopic (exact) mass is 768 g/mol. The van der Waals surface area contributed by atoms with E-state index >= 15 is 0 Å². The molecule has 0 saturated heterocycles. The molecule has 4 aliphatic rings. The summed E-state index contributed by atoms with van der Waals surface area (Å²) in [6, 6.07) is 12.1. The van der Waals surface area contributed by atoms with Crippen molar-refractivity contribution < 1.29 is 28.6 Å². The van der Waals surface area contributed by atoms with E-state index in [1.54, 1.807) is 5.57 Å². The third-order valence-electron chi connectivity index (χ3n) is 13.2. The number of terminal acetylenes is 1. The van der Waals surface area contributed by atoms with Crippen LogP contribution in [-0.4, -0.2) is 47.3 Å². The van der Waals surface area contributed by atoms with Gasteiger partial charge in [-0.3, -0.25) is 4.98 Å². The van der Waals surface area contributed by atoms with Crippen LogP contribution in [0.5, 0.6) is 23.0 Å². The second-order valence-corrected chi connectivity index (χ2v) is 15.9. The fourth-order valence-corrected chi connectivity index (χ4v) is 10.5. The van der Waals surface area contributed by atoms with E-state index in [-0.39, 0.29) is 23.2 Å². The molecule has 6 atom stereocenters. The Morgan fingerprint density at radius 3 is 2.24 bits per heavy atom. The lowest BCUT2D eigenvalue weighted by Gasteiger charge is -2.58. The van der Waals surface area contributed by atoms with E-state index in [9.17, 15) is 5.11 Å². The standard InChI is InChI=1S/C24H29NO4.C22H27NO2.ClH/c1-5-26-21-10-9-17(14-22(21)27-6-2)13-20-19-16-24(29-8-4)23(28-7-3)15-18(19)11-12-25-20;1-4-22(24)10-8-18-16-6-5-15-11-19-14(13-23-25-19)12-20(15,2)17(16)7-9-21(18,22)3;/h9-12,14-16H,5-8,13H2,1-4H3;1,11,13,16-18,24H,5-10,12H2,2-3H3;1H. The predicted molar refractivity (Wildman–Crippen MR) is 219 cm³/mol. The molecule has 2 heterocycles. The number of fused-ring (bicyclic) bond motifs is 7. The summed E-state index contributed by atoms with van der Waals surface area (Å²) in [6.07, 6.45) is 19.9. The first kappa shape index (κ1) is 40.5. The van der Waals surface area contributed by atoms with E-state index in [4.69, 9.17) is 29.9 Å². The summed E-state index contributed by atoms with van der Waals surface area (Å²) >= 11 is 0. The average Bonchev–Trinajstić information content (AvgIpc) is 3.73. The Morgan fingerprint density at radius 2 is 1.53 bits per heavy atom. The zero-order valence-corrected chi connectivity index (χ0v) is 34.1. The van der Waals surface area contributed by atoms with Crippen LogP contribution < -0.4 is 18.9 Å². The van der Waals surface area contributed by atoms with E-state index in [2.05, 4.69) is 42.1 Å². The fourth-order valence-electron chi connectivity index (χ4n) is 10.5. The first-order chi connectivity index (χ1) is 26.1. The predicted octanol–water partition coefficient (Wildman–Crippen LogP) is 10.1. The summed E-state index contributed by atoms with van der Waals surface area (Å²) in [5.41, 5.74) is 4.09. The van der Waals surface area contributed by atoms with Crippen LogP contribution in [0.2, 0.25) is 0 Å². The Bertz CT molecular complexity index is 2050. The van der Waals surface area contributed by atoms with Crippen LogP contribution in [0.25, 0.3) is 16.8 Å². The summed E-state index contributed by atoms with van der Waals surface area (Å²) in [5, 5.41) is 17.2. The molecule has 9 heteroatoms. The van der Waals surface area contributed by atoms with Crippen LogP contribution in [0.15, 0.2) is 58.9 Å². The molecule has 0 radical (unpaired) electrons. The van der Waals surface area contributed by atoms with Crippen LogP contribution in [0.1, 0.15) is 103 Å². The van der Waals surface area contributed by atoms with Gasteiger partial charge < -0.3 is 28.6 Å². The molecule has 8 rings (SSSR count). The molecule has 1 N–H and O–H groups in total. The van der Waals surface area contributed by atoms with Gasteiger partial charge >= 0.3 is 0 Å². The molecule has 4 aromatic rings. The summed E-state index contributed by atoms with van der Waals surface area (Å²) in [6.45, 7) is 15.0. The highest BCUT2D eigenvalue weighted by atomic mass is 35.5. The minimum absolute atomic E-state index is 0. The highest BCUT2D eigenvalue weighted by molar-refractivity contribution is 5.88. The molecule has 2 aromatic carbocycles. The number of allylic oxidation sites excluding steroid dienone is 1. The lowest BCUT2D eigenvalue weighted by Crippen LogP contribution is -2.54. The molecular weight excluding hydrogens is 712 g/mol. The molecule has 2 aromatic heterocycles. The smallest absolute Gasteiger partial charge is 0.162 e. The quantitative estimate of drug-likeness (QED) is 0.159. The Morgan fingerprint density at radius 1 is 0.855 bits per heavy atom. The number of nitrogens with zero attached hydrogens (tertiary/aromatic N) is 2. The summed E-state index contributed by atoms with van der Waals surface area (Å²) in [5.74, 6) is 8.68. The third-order valence-corrected chi connectivity index (χ3v) is 13.2. The van der Waals surface area contributed by atoms with E-state index in [0.717, 1.165) is 89.3 Å². The maximum absolute atomic E-state index is 11.1. The van der Waals surface area contributed by atoms with Crippen molar-refractivity contribution in [3.63, 3.8) is 0 Å². The number of pyridine rings is 1. The van der Waals surface area contributed by atoms with Crippen LogP contribution in [0, 0.1) is 40.9 Å². The minimum Gasteiger partial charge on any atom is -0.490 e. The molecule has 3 fully saturated rings. The molecule has 55 heavy (non-hydrogen) atoms. The Balaban J connectivity index is 0.000000185. The van der Waals surface area contributed by atoms with Gasteiger partial charge in [0.15, 0.2) is 28.8 Å². The van der Waals surface area contributed by atoms with Crippen molar-refractivity contribution in [2.75, 3.05) is 26.4 Å². The van der Waals surface area contributed by atoms with Crippen molar-refractivity contribution in [3.8, 4) is 35.3 Å². The van der Waals surface area contributed by atoms with Gasteiger partial charge in [-0.1, -0.05) is 36.6 Å². The normalized spacial score (nSPS) is 27.4. The first-order valence-corrected chi connectivity index (χ1v) is 20.0. The Hall–Kier alpha value is -4.19. The van der Waals surface area contributed by atoms with E-state index < -0.39 is 5.60 Å². The molecule has 0 aliphatic heterocycles. The Labute approximate surface area is 332 Å². The SMILES string of the molecule is C#CC1(O)CCC2C3CCC4=Cc5oncc5CC4(C)C3CCC21C.CCOc1ccc(Cc2nccc3cc(OCC)c(OCC)cc23)cc1OCC.Cl. The number of hydrogen-bond acceptors (Lipinski definition) is 8. The van der Waals surface area contributed by atoms with Gasteiger partial charge in [-0.25, -0.2) is 0 Å². The van der Waals surface area contributed by atoms with Crippen molar-refractivity contribution in [2.45, 2.75) is 98.5 Å². The number of rotatable bonds is 10. The van der Waals surface area contributed by atoms with Gasteiger partial charge in [0.2, 0.25) is 0 Å². The zero-order valence-electron chi connectivity index (χ0n) is 33.3. The molecule has 4 aliphatic carbocycles. The van der Waals surface area contributed by atoms with Gasteiger partial charge in [0, 0.05) is 29.0 Å². The van der Waals surface area contributed by atoms with Crippen molar-refractivity contribution in [2.24, 2.45) is 28.6 Å². The lowest BCUT2D eigenvalue weighted by molar-refractivity contribution is -0.0975.